The average Bonchev–Trinajstić information content (AvgIpc) is 2.68. The summed E-state index contributed by atoms with van der Waals surface area (Å²) in [6.07, 6.45) is 0. The number of fused-ring (bicyclic) bond motifs is 1. The van der Waals surface area contributed by atoms with E-state index in [1.807, 2.05) is 0 Å². The van der Waals surface area contributed by atoms with Crippen molar-refractivity contribution in [3.05, 3.63) is 28.8 Å². The van der Waals surface area contributed by atoms with Gasteiger partial charge in [-0.2, -0.15) is 5.48 Å². The van der Waals surface area contributed by atoms with E-state index in [0.717, 1.165) is 12.1 Å². The number of hydrogen-bond acceptors (Lipinski definition) is 4. The van der Waals surface area contributed by atoms with E-state index < -0.39 is 0 Å². The number of benzene rings is 1. The average molecular weight is 250 g/mol. The van der Waals surface area contributed by atoms with E-state index in [0.29, 0.717) is 0 Å². The fourth-order valence-corrected chi connectivity index (χ4v) is 2.64. The van der Waals surface area contributed by atoms with Gasteiger partial charge < -0.3 is 4.84 Å². The van der Waals surface area contributed by atoms with Crippen LogP contribution in [0, 0.1) is 0 Å². The molecule has 0 unspecified atom stereocenters. The van der Waals surface area contributed by atoms with Gasteiger partial charge >= 0.3 is 0 Å². The monoisotopic (exact) mass is 250 g/mol. The summed E-state index contributed by atoms with van der Waals surface area (Å²) in [6, 6.07) is 6.34. The number of hydrogen-bond donors (Lipinski definition) is 1. The van der Waals surface area contributed by atoms with Crippen molar-refractivity contribution in [3.63, 3.8) is 0 Å². The molecule has 0 radical (unpaired) electrons. The van der Waals surface area contributed by atoms with E-state index in [1.54, 1.807) is 18.4 Å². The summed E-state index contributed by atoms with van der Waals surface area (Å²) in [5.41, 5.74) is 5.27. The van der Waals surface area contributed by atoms with Gasteiger partial charge in [-0.3, -0.25) is 0 Å². The number of thiazole rings is 1. The number of nitrogens with zero attached hydrogens (tertiary/aromatic N) is 1. The van der Waals surface area contributed by atoms with Gasteiger partial charge in [-0.1, -0.05) is 26.8 Å². The minimum absolute atomic E-state index is 0.120. The quantitative estimate of drug-likeness (QED) is 0.849. The number of hydroxylamine groups is 1. The maximum atomic E-state index is 4.86. The van der Waals surface area contributed by atoms with Crippen LogP contribution in [0.4, 0.5) is 0 Å². The Morgan fingerprint density at radius 2 is 2.12 bits per heavy atom. The van der Waals surface area contributed by atoms with Crippen LogP contribution >= 0.6 is 11.3 Å². The molecule has 17 heavy (non-hydrogen) atoms. The van der Waals surface area contributed by atoms with E-state index in [2.05, 4.69) is 49.4 Å². The van der Waals surface area contributed by atoms with Crippen molar-refractivity contribution < 1.29 is 4.84 Å². The summed E-state index contributed by atoms with van der Waals surface area (Å²) in [5.74, 6) is 0. The summed E-state index contributed by atoms with van der Waals surface area (Å²) in [7, 11) is 1.63. The highest BCUT2D eigenvalue weighted by molar-refractivity contribution is 7.18. The van der Waals surface area contributed by atoms with E-state index in [1.165, 1.54) is 15.3 Å². The molecule has 0 aliphatic heterocycles. The fourth-order valence-electron chi connectivity index (χ4n) is 1.56. The predicted molar refractivity (Wildman–Crippen MR) is 72.2 cm³/mol. The smallest absolute Gasteiger partial charge is 0.0992 e. The van der Waals surface area contributed by atoms with Crippen molar-refractivity contribution in [1.29, 1.82) is 0 Å². The van der Waals surface area contributed by atoms with Gasteiger partial charge in [-0.15, -0.1) is 11.3 Å². The van der Waals surface area contributed by atoms with E-state index >= 15 is 0 Å². The van der Waals surface area contributed by atoms with Gasteiger partial charge in [0.15, 0.2) is 0 Å². The molecule has 0 atom stereocenters. The number of aromatic nitrogens is 1. The zero-order valence-corrected chi connectivity index (χ0v) is 11.5. The molecule has 1 aromatic heterocycles. The second-order valence-corrected chi connectivity index (χ2v) is 6.13. The lowest BCUT2D eigenvalue weighted by Gasteiger charge is -2.13. The molecule has 1 aromatic carbocycles. The summed E-state index contributed by atoms with van der Waals surface area (Å²) < 4.78 is 1.24. The SMILES string of the molecule is CONCc1ccc2nc(C(C)(C)C)sc2c1. The van der Waals surface area contributed by atoms with Crippen LogP contribution in [-0.2, 0) is 16.8 Å². The molecule has 0 spiro atoms. The first kappa shape index (κ1) is 12.5. The van der Waals surface area contributed by atoms with E-state index in [9.17, 15) is 0 Å². The Labute approximate surface area is 106 Å². The van der Waals surface area contributed by atoms with Crippen molar-refractivity contribution in [1.82, 2.24) is 10.5 Å². The molecule has 0 saturated carbocycles. The molecule has 4 heteroatoms. The molecule has 92 valence electrons. The summed E-state index contributed by atoms with van der Waals surface area (Å²) in [4.78, 5) is 9.53. The third-order valence-corrected chi connectivity index (χ3v) is 3.96. The zero-order chi connectivity index (χ0) is 12.5. The Bertz CT molecular complexity index is 514. The van der Waals surface area contributed by atoms with Crippen LogP contribution in [0.15, 0.2) is 18.2 Å². The molecular formula is C13H18N2OS. The van der Waals surface area contributed by atoms with Crippen LogP contribution in [-0.4, -0.2) is 12.1 Å². The Hall–Kier alpha value is -0.970. The van der Waals surface area contributed by atoms with Crippen LogP contribution in [0.25, 0.3) is 10.2 Å². The van der Waals surface area contributed by atoms with Crippen molar-refractivity contribution in [2.24, 2.45) is 0 Å². The van der Waals surface area contributed by atoms with Crippen LogP contribution < -0.4 is 5.48 Å². The standard InChI is InChI=1S/C13H18N2OS/c1-13(2,3)12-15-10-6-5-9(8-14-16-4)7-11(10)17-12/h5-7,14H,8H2,1-4H3. The largest absolute Gasteiger partial charge is 0.305 e. The minimum atomic E-state index is 0.120. The molecule has 0 fully saturated rings. The molecule has 0 aliphatic carbocycles. The number of rotatable bonds is 3. The Morgan fingerprint density at radius 3 is 2.76 bits per heavy atom. The minimum Gasteiger partial charge on any atom is -0.305 e. The highest BCUT2D eigenvalue weighted by Gasteiger charge is 2.18. The molecule has 1 heterocycles. The van der Waals surface area contributed by atoms with Gasteiger partial charge in [-0.05, 0) is 17.7 Å². The molecule has 2 rings (SSSR count). The maximum Gasteiger partial charge on any atom is 0.0992 e. The third-order valence-electron chi connectivity index (χ3n) is 2.52. The molecule has 3 nitrogen and oxygen atoms in total. The summed E-state index contributed by atoms with van der Waals surface area (Å²) >= 11 is 1.77. The van der Waals surface area contributed by atoms with Crippen molar-refractivity contribution in [2.75, 3.05) is 7.11 Å². The molecule has 0 bridgehead atoms. The Balaban J connectivity index is 2.34. The highest BCUT2D eigenvalue weighted by atomic mass is 32.1. The zero-order valence-electron chi connectivity index (χ0n) is 10.7. The first-order chi connectivity index (χ1) is 8.00. The van der Waals surface area contributed by atoms with Crippen LogP contribution in [0.2, 0.25) is 0 Å². The molecule has 1 N–H and O–H groups in total. The first-order valence-electron chi connectivity index (χ1n) is 5.66. The third kappa shape index (κ3) is 2.83. The fraction of sp³-hybridized carbons (Fsp3) is 0.462. The Kier molecular flexibility index (Phi) is 3.47. The van der Waals surface area contributed by atoms with Gasteiger partial charge in [0.2, 0.25) is 0 Å². The molecule has 0 saturated heterocycles. The van der Waals surface area contributed by atoms with Gasteiger partial charge in [0, 0.05) is 12.0 Å². The van der Waals surface area contributed by atoms with Gasteiger partial charge in [-0.25, -0.2) is 4.98 Å². The van der Waals surface area contributed by atoms with E-state index in [-0.39, 0.29) is 5.41 Å². The van der Waals surface area contributed by atoms with Gasteiger partial charge in [0.25, 0.3) is 0 Å². The van der Waals surface area contributed by atoms with Gasteiger partial charge in [0.1, 0.15) is 0 Å². The molecule has 0 amide bonds. The first-order valence-corrected chi connectivity index (χ1v) is 6.48. The summed E-state index contributed by atoms with van der Waals surface area (Å²) in [6.45, 7) is 7.30. The molecule has 2 aromatic rings. The number of nitrogens with one attached hydrogen (secondary N) is 1. The lowest BCUT2D eigenvalue weighted by molar-refractivity contribution is 0.0867. The topological polar surface area (TPSA) is 34.1 Å². The normalized spacial score (nSPS) is 12.2. The predicted octanol–water partition coefficient (Wildman–Crippen LogP) is 3.24. The molecule has 0 aliphatic rings. The van der Waals surface area contributed by atoms with Crippen molar-refractivity contribution in [3.8, 4) is 0 Å². The molecular weight excluding hydrogens is 232 g/mol. The lowest BCUT2D eigenvalue weighted by atomic mass is 9.98. The summed E-state index contributed by atoms with van der Waals surface area (Å²) in [5, 5.41) is 1.18. The van der Waals surface area contributed by atoms with Gasteiger partial charge in [0.05, 0.1) is 22.3 Å². The van der Waals surface area contributed by atoms with E-state index in [4.69, 9.17) is 4.84 Å². The van der Waals surface area contributed by atoms with Crippen LogP contribution in [0.5, 0.6) is 0 Å². The maximum absolute atomic E-state index is 4.86. The van der Waals surface area contributed by atoms with Crippen molar-refractivity contribution in [2.45, 2.75) is 32.7 Å². The second kappa shape index (κ2) is 4.72. The van der Waals surface area contributed by atoms with Crippen LogP contribution in [0.3, 0.4) is 0 Å². The highest BCUT2D eigenvalue weighted by Crippen LogP contribution is 2.31. The van der Waals surface area contributed by atoms with Crippen LogP contribution in [0.1, 0.15) is 31.3 Å². The lowest BCUT2D eigenvalue weighted by Crippen LogP contribution is -2.10. The van der Waals surface area contributed by atoms with Crippen molar-refractivity contribution >= 4 is 21.6 Å². The Morgan fingerprint density at radius 1 is 1.35 bits per heavy atom. The second-order valence-electron chi connectivity index (χ2n) is 5.10.